The smallest absolute Gasteiger partial charge is 0.232 e. The lowest BCUT2D eigenvalue weighted by Crippen LogP contribution is -2.53. The van der Waals surface area contributed by atoms with Crippen molar-refractivity contribution in [2.45, 2.75) is 31.6 Å². The Hall–Kier alpha value is -0.820. The Morgan fingerprint density at radius 3 is 1.40 bits per heavy atom. The quantitative estimate of drug-likeness (QED) is 0.640. The van der Waals surface area contributed by atoms with Gasteiger partial charge in [-0.05, 0) is 13.8 Å². The molecule has 0 nitrogen and oxygen atoms in total. The number of halogens is 8. The summed E-state index contributed by atoms with van der Waals surface area (Å²) in [4.78, 5) is 0. The second-order valence-electron chi connectivity index (χ2n) is 2.96. The average molecular weight is 242 g/mol. The van der Waals surface area contributed by atoms with E-state index in [-0.39, 0.29) is 13.8 Å². The summed E-state index contributed by atoms with van der Waals surface area (Å²) < 4.78 is 96.6. The van der Waals surface area contributed by atoms with Gasteiger partial charge in [-0.2, -0.15) is 30.7 Å². The van der Waals surface area contributed by atoms with Crippen LogP contribution in [-0.4, -0.2) is 17.8 Å². The number of allylic oxidation sites excluding steroid dienone is 1. The Balaban J connectivity index is 5.49. The molecule has 0 aromatic heterocycles. The van der Waals surface area contributed by atoms with E-state index in [1.807, 2.05) is 0 Å². The minimum Gasteiger partial charge on any atom is -0.232 e. The molecule has 0 saturated carbocycles. The van der Waals surface area contributed by atoms with E-state index in [0.29, 0.717) is 0 Å². The molecule has 0 bridgehead atoms. The first-order valence-corrected chi connectivity index (χ1v) is 3.51. The summed E-state index contributed by atoms with van der Waals surface area (Å²) in [5.74, 6) is -5.87. The van der Waals surface area contributed by atoms with Crippen molar-refractivity contribution in [2.24, 2.45) is 0 Å². The van der Waals surface area contributed by atoms with Crippen molar-refractivity contribution in [3.63, 3.8) is 0 Å². The average Bonchev–Trinajstić information content (AvgIpc) is 2.00. The highest BCUT2D eigenvalue weighted by Gasteiger charge is 2.70. The third-order valence-corrected chi connectivity index (χ3v) is 1.93. The van der Waals surface area contributed by atoms with Crippen molar-refractivity contribution in [2.75, 3.05) is 0 Å². The van der Waals surface area contributed by atoms with Crippen molar-refractivity contribution in [3.8, 4) is 0 Å². The van der Waals surface area contributed by atoms with Crippen molar-refractivity contribution in [1.29, 1.82) is 0 Å². The van der Waals surface area contributed by atoms with Crippen LogP contribution in [0.15, 0.2) is 11.7 Å². The maximum absolute atomic E-state index is 13.0. The van der Waals surface area contributed by atoms with Gasteiger partial charge < -0.3 is 0 Å². The third kappa shape index (κ3) is 2.23. The van der Waals surface area contributed by atoms with Crippen LogP contribution in [0, 0.1) is 0 Å². The van der Waals surface area contributed by atoms with E-state index in [1.165, 1.54) is 0 Å². The van der Waals surface area contributed by atoms with Gasteiger partial charge in [-0.25, -0.2) is 4.39 Å². The van der Waals surface area contributed by atoms with E-state index in [0.717, 1.165) is 0 Å². The molecule has 90 valence electrons. The van der Waals surface area contributed by atoms with Gasteiger partial charge in [0.25, 0.3) is 6.08 Å². The lowest BCUT2D eigenvalue weighted by molar-refractivity contribution is -0.317. The first-order valence-electron chi connectivity index (χ1n) is 3.51. The van der Waals surface area contributed by atoms with Crippen LogP contribution >= 0.6 is 0 Å². The van der Waals surface area contributed by atoms with Gasteiger partial charge in [0.15, 0.2) is 0 Å². The molecular weight excluding hydrogens is 236 g/mol. The monoisotopic (exact) mass is 242 g/mol. The zero-order valence-corrected chi connectivity index (χ0v) is 7.52. The van der Waals surface area contributed by atoms with E-state index in [9.17, 15) is 35.1 Å². The second kappa shape index (κ2) is 3.64. The molecule has 0 aromatic carbocycles. The van der Waals surface area contributed by atoms with Crippen LogP contribution in [0.2, 0.25) is 0 Å². The lowest BCUT2D eigenvalue weighted by atomic mass is 9.92. The topological polar surface area (TPSA) is 0 Å². The summed E-state index contributed by atoms with van der Waals surface area (Å²) in [7, 11) is 0. The minimum absolute atomic E-state index is 0.176. The summed E-state index contributed by atoms with van der Waals surface area (Å²) in [5, 5.41) is 0. The van der Waals surface area contributed by atoms with Gasteiger partial charge in [0.1, 0.15) is 0 Å². The molecule has 1 atom stereocenters. The summed E-state index contributed by atoms with van der Waals surface area (Å²) in [5.41, 5.74) is -6.41. The highest BCUT2D eigenvalue weighted by Crippen LogP contribution is 2.49. The molecule has 0 aliphatic carbocycles. The first-order chi connectivity index (χ1) is 6.35. The molecule has 0 heterocycles. The summed E-state index contributed by atoms with van der Waals surface area (Å²) >= 11 is 0. The van der Waals surface area contributed by atoms with Crippen LogP contribution < -0.4 is 0 Å². The highest BCUT2D eigenvalue weighted by molar-refractivity contribution is 5.20. The van der Waals surface area contributed by atoms with Crippen LogP contribution in [0.1, 0.15) is 13.8 Å². The second-order valence-corrected chi connectivity index (χ2v) is 2.96. The van der Waals surface area contributed by atoms with Crippen molar-refractivity contribution < 1.29 is 35.1 Å². The van der Waals surface area contributed by atoms with E-state index in [1.54, 1.807) is 0 Å². The van der Waals surface area contributed by atoms with Crippen LogP contribution in [0.5, 0.6) is 0 Å². The molecule has 0 saturated heterocycles. The maximum Gasteiger partial charge on any atom is 0.457 e. The van der Waals surface area contributed by atoms with Crippen LogP contribution in [0.4, 0.5) is 35.1 Å². The predicted molar refractivity (Wildman–Crippen MR) is 35.4 cm³/mol. The zero-order chi connectivity index (χ0) is 12.7. The summed E-state index contributed by atoms with van der Waals surface area (Å²) in [6.07, 6.45) is -9.13. The third-order valence-electron chi connectivity index (χ3n) is 1.93. The number of hydrogen-bond acceptors (Lipinski definition) is 0. The fourth-order valence-electron chi connectivity index (χ4n) is 0.679. The molecule has 0 spiro atoms. The Kier molecular flexibility index (Phi) is 3.44. The molecule has 1 unspecified atom stereocenters. The van der Waals surface area contributed by atoms with Crippen molar-refractivity contribution in [3.05, 3.63) is 11.7 Å². The molecule has 8 heteroatoms. The molecule has 0 aromatic rings. The first kappa shape index (κ1) is 14.2. The predicted octanol–water partition coefficient (Wildman–Crippen LogP) is 4.08. The number of alkyl halides is 6. The minimum atomic E-state index is -6.23. The normalized spacial score (nSPS) is 17.2. The Morgan fingerprint density at radius 1 is 0.867 bits per heavy atom. The molecule has 0 amide bonds. The molecule has 0 N–H and O–H groups in total. The van der Waals surface area contributed by atoms with Gasteiger partial charge in [0.2, 0.25) is 5.67 Å². The highest BCUT2D eigenvalue weighted by atomic mass is 19.4. The fourth-order valence-corrected chi connectivity index (χ4v) is 0.679. The van der Waals surface area contributed by atoms with Gasteiger partial charge in [-0.1, -0.05) is 0 Å². The van der Waals surface area contributed by atoms with Gasteiger partial charge in [-0.3, -0.25) is 0 Å². The molecule has 0 radical (unpaired) electrons. The fraction of sp³-hybridized carbons (Fsp3) is 0.714. The zero-order valence-electron chi connectivity index (χ0n) is 7.52. The molecule has 15 heavy (non-hydrogen) atoms. The molecule has 0 aliphatic heterocycles. The number of rotatable bonds is 2. The van der Waals surface area contributed by atoms with E-state index >= 15 is 0 Å². The van der Waals surface area contributed by atoms with Gasteiger partial charge >= 0.3 is 12.1 Å². The molecule has 0 aliphatic rings. The van der Waals surface area contributed by atoms with Crippen LogP contribution in [0.3, 0.4) is 0 Å². The lowest BCUT2D eigenvalue weighted by Gasteiger charge is -2.31. The summed E-state index contributed by atoms with van der Waals surface area (Å²) in [6.45, 7) is -0.0655. The van der Waals surface area contributed by atoms with Gasteiger partial charge in [0.05, 0.1) is 0 Å². The van der Waals surface area contributed by atoms with Crippen molar-refractivity contribution >= 4 is 0 Å². The van der Waals surface area contributed by atoms with Crippen LogP contribution in [-0.2, 0) is 0 Å². The Labute approximate surface area is 79.6 Å². The summed E-state index contributed by atoms with van der Waals surface area (Å²) in [6, 6.07) is 0. The van der Waals surface area contributed by atoms with E-state index in [4.69, 9.17) is 0 Å². The van der Waals surface area contributed by atoms with Gasteiger partial charge in [-0.15, -0.1) is 0 Å². The Bertz CT molecular complexity index is 267. The van der Waals surface area contributed by atoms with E-state index < -0.39 is 29.4 Å². The van der Waals surface area contributed by atoms with E-state index in [2.05, 4.69) is 0 Å². The molecule has 0 rings (SSSR count). The van der Waals surface area contributed by atoms with Gasteiger partial charge in [0, 0.05) is 5.57 Å². The van der Waals surface area contributed by atoms with Crippen LogP contribution in [0.25, 0.3) is 0 Å². The Morgan fingerprint density at radius 2 is 1.20 bits per heavy atom. The largest absolute Gasteiger partial charge is 0.457 e. The number of hydrogen-bond donors (Lipinski definition) is 0. The molecular formula is C7H6F8. The molecule has 0 fully saturated rings. The SMILES string of the molecule is CC(=C(F)F)C(C)(F)C(F)(F)C(F)(F)F. The maximum atomic E-state index is 13.0. The standard InChI is InChI=1S/C7H6F8/c1-3(4(8)9)5(2,10)6(11,12)7(13,14)15/h1-2H3. The van der Waals surface area contributed by atoms with Crippen molar-refractivity contribution in [1.82, 2.24) is 0 Å².